The minimum atomic E-state index is -0.0976. The van der Waals surface area contributed by atoms with Crippen LogP contribution in [0, 0.1) is 13.8 Å². The molecule has 25 heavy (non-hydrogen) atoms. The first kappa shape index (κ1) is 16.6. The van der Waals surface area contributed by atoms with Crippen LogP contribution in [0.2, 0.25) is 0 Å². The molecule has 2 aromatic carbocycles. The lowest BCUT2D eigenvalue weighted by Gasteiger charge is -2.09. The van der Waals surface area contributed by atoms with E-state index in [2.05, 4.69) is 26.9 Å². The van der Waals surface area contributed by atoms with Crippen LogP contribution in [0.15, 0.2) is 48.8 Å². The summed E-state index contributed by atoms with van der Waals surface area (Å²) >= 11 is 0. The number of tetrazole rings is 1. The molecule has 0 saturated heterocycles. The highest BCUT2D eigenvalue weighted by Crippen LogP contribution is 2.16. The van der Waals surface area contributed by atoms with Crippen LogP contribution in [0.4, 0.5) is 5.69 Å². The molecule has 0 unspecified atom stereocenters. The minimum Gasteiger partial charge on any atom is -0.493 e. The number of nitrogens with zero attached hydrogens (tertiary/aromatic N) is 4. The fourth-order valence-electron chi connectivity index (χ4n) is 2.48. The van der Waals surface area contributed by atoms with Gasteiger partial charge in [0.25, 0.3) is 0 Å². The molecule has 0 aliphatic rings. The van der Waals surface area contributed by atoms with Crippen molar-refractivity contribution in [3.8, 4) is 11.4 Å². The van der Waals surface area contributed by atoms with Crippen LogP contribution in [0.1, 0.15) is 17.5 Å². The Morgan fingerprint density at radius 3 is 2.48 bits per heavy atom. The number of nitrogens with one attached hydrogen (secondary N) is 1. The fourth-order valence-corrected chi connectivity index (χ4v) is 2.48. The molecular formula is C18H19N5O2. The summed E-state index contributed by atoms with van der Waals surface area (Å²) in [5.41, 5.74) is 3.82. The standard InChI is InChI=1S/C18H19N5O2/c1-13-9-14(2)11-17(10-13)25-8-7-18(24)20-15-3-5-16(6-4-15)23-12-19-21-22-23/h3-6,9-12H,7-8H2,1-2H3,(H,20,24). The van der Waals surface area contributed by atoms with Crippen molar-refractivity contribution >= 4 is 11.6 Å². The number of aromatic nitrogens is 4. The van der Waals surface area contributed by atoms with Gasteiger partial charge in [-0.1, -0.05) is 6.07 Å². The molecule has 0 radical (unpaired) electrons. The van der Waals surface area contributed by atoms with E-state index in [1.54, 1.807) is 16.8 Å². The molecule has 7 nitrogen and oxygen atoms in total. The van der Waals surface area contributed by atoms with Gasteiger partial charge in [-0.3, -0.25) is 4.79 Å². The Balaban J connectivity index is 1.49. The van der Waals surface area contributed by atoms with Crippen molar-refractivity contribution in [2.75, 3.05) is 11.9 Å². The van der Waals surface area contributed by atoms with Crippen LogP contribution in [0.5, 0.6) is 5.75 Å². The van der Waals surface area contributed by atoms with Crippen molar-refractivity contribution in [2.24, 2.45) is 0 Å². The third-order valence-corrected chi connectivity index (χ3v) is 3.56. The maximum Gasteiger partial charge on any atom is 0.227 e. The number of aryl methyl sites for hydroxylation is 2. The van der Waals surface area contributed by atoms with E-state index < -0.39 is 0 Å². The lowest BCUT2D eigenvalue weighted by molar-refractivity contribution is -0.116. The number of carbonyl (C=O) groups excluding carboxylic acids is 1. The van der Waals surface area contributed by atoms with E-state index in [0.29, 0.717) is 12.3 Å². The predicted octanol–water partition coefficient (Wildman–Crippen LogP) is 2.69. The zero-order valence-electron chi connectivity index (χ0n) is 14.1. The van der Waals surface area contributed by atoms with Crippen molar-refractivity contribution in [2.45, 2.75) is 20.3 Å². The number of anilines is 1. The summed E-state index contributed by atoms with van der Waals surface area (Å²) < 4.78 is 7.20. The Hall–Kier alpha value is -3.22. The average Bonchev–Trinajstić information content (AvgIpc) is 3.09. The monoisotopic (exact) mass is 337 g/mol. The van der Waals surface area contributed by atoms with Gasteiger partial charge >= 0.3 is 0 Å². The van der Waals surface area contributed by atoms with Crippen molar-refractivity contribution in [3.63, 3.8) is 0 Å². The predicted molar refractivity (Wildman–Crippen MR) is 93.8 cm³/mol. The zero-order valence-corrected chi connectivity index (χ0v) is 14.1. The summed E-state index contributed by atoms with van der Waals surface area (Å²) in [6.07, 6.45) is 1.79. The molecule has 7 heteroatoms. The quantitative estimate of drug-likeness (QED) is 0.748. The van der Waals surface area contributed by atoms with Gasteiger partial charge in [0.15, 0.2) is 0 Å². The van der Waals surface area contributed by atoms with Crippen LogP contribution < -0.4 is 10.1 Å². The summed E-state index contributed by atoms with van der Waals surface area (Å²) in [7, 11) is 0. The Morgan fingerprint density at radius 2 is 1.84 bits per heavy atom. The Bertz CT molecular complexity index is 824. The van der Waals surface area contributed by atoms with Crippen LogP contribution in [-0.4, -0.2) is 32.7 Å². The number of rotatable bonds is 6. The fraction of sp³-hybridized carbons (Fsp3) is 0.222. The molecule has 1 N–H and O–H groups in total. The molecule has 0 bridgehead atoms. The molecule has 3 rings (SSSR count). The van der Waals surface area contributed by atoms with Crippen LogP contribution >= 0.6 is 0 Å². The number of hydrogen-bond donors (Lipinski definition) is 1. The van der Waals surface area contributed by atoms with Crippen LogP contribution in [-0.2, 0) is 4.79 Å². The van der Waals surface area contributed by atoms with Gasteiger partial charge in [0.2, 0.25) is 5.91 Å². The first-order valence-corrected chi connectivity index (χ1v) is 7.94. The van der Waals surface area contributed by atoms with Gasteiger partial charge in [-0.25, -0.2) is 4.68 Å². The van der Waals surface area contributed by atoms with Crippen molar-refractivity contribution in [3.05, 3.63) is 59.9 Å². The van der Waals surface area contributed by atoms with E-state index in [0.717, 1.165) is 22.6 Å². The molecular weight excluding hydrogens is 318 g/mol. The number of hydrogen-bond acceptors (Lipinski definition) is 5. The van der Waals surface area contributed by atoms with E-state index in [4.69, 9.17) is 4.74 Å². The second-order valence-corrected chi connectivity index (χ2v) is 5.77. The van der Waals surface area contributed by atoms with Crippen molar-refractivity contribution in [1.29, 1.82) is 0 Å². The van der Waals surface area contributed by atoms with E-state index in [1.807, 2.05) is 38.1 Å². The Labute approximate surface area is 145 Å². The molecule has 3 aromatic rings. The largest absolute Gasteiger partial charge is 0.493 e. The zero-order chi connectivity index (χ0) is 17.6. The maximum atomic E-state index is 12.0. The summed E-state index contributed by atoms with van der Waals surface area (Å²) in [6, 6.07) is 13.3. The van der Waals surface area contributed by atoms with Gasteiger partial charge in [0.05, 0.1) is 18.7 Å². The molecule has 0 spiro atoms. The molecule has 0 atom stereocenters. The van der Waals surface area contributed by atoms with Crippen molar-refractivity contribution in [1.82, 2.24) is 20.2 Å². The number of benzene rings is 2. The SMILES string of the molecule is Cc1cc(C)cc(OCCC(=O)Nc2ccc(-n3cnnn3)cc2)c1. The van der Waals surface area contributed by atoms with E-state index in [1.165, 1.54) is 6.33 Å². The molecule has 0 aliphatic carbocycles. The highest BCUT2D eigenvalue weighted by molar-refractivity contribution is 5.90. The van der Waals surface area contributed by atoms with E-state index in [-0.39, 0.29) is 12.3 Å². The smallest absolute Gasteiger partial charge is 0.227 e. The van der Waals surface area contributed by atoms with Crippen LogP contribution in [0.3, 0.4) is 0 Å². The second-order valence-electron chi connectivity index (χ2n) is 5.77. The van der Waals surface area contributed by atoms with Crippen LogP contribution in [0.25, 0.3) is 5.69 Å². The van der Waals surface area contributed by atoms with Gasteiger partial charge in [0.1, 0.15) is 12.1 Å². The highest BCUT2D eigenvalue weighted by Gasteiger charge is 2.05. The van der Waals surface area contributed by atoms with Gasteiger partial charge in [-0.05, 0) is 71.8 Å². The first-order chi connectivity index (χ1) is 12.1. The molecule has 0 saturated carbocycles. The lowest BCUT2D eigenvalue weighted by Crippen LogP contribution is -2.15. The summed E-state index contributed by atoms with van der Waals surface area (Å²) in [4.78, 5) is 12.0. The normalized spacial score (nSPS) is 10.5. The molecule has 1 aromatic heterocycles. The van der Waals surface area contributed by atoms with Gasteiger partial charge < -0.3 is 10.1 Å². The van der Waals surface area contributed by atoms with E-state index >= 15 is 0 Å². The molecule has 1 heterocycles. The third kappa shape index (κ3) is 4.63. The number of amides is 1. The van der Waals surface area contributed by atoms with Gasteiger partial charge in [-0.2, -0.15) is 0 Å². The Morgan fingerprint density at radius 1 is 1.12 bits per heavy atom. The van der Waals surface area contributed by atoms with E-state index in [9.17, 15) is 4.79 Å². The minimum absolute atomic E-state index is 0.0976. The third-order valence-electron chi connectivity index (χ3n) is 3.56. The Kier molecular flexibility index (Phi) is 5.03. The highest BCUT2D eigenvalue weighted by atomic mass is 16.5. The molecule has 0 aliphatic heterocycles. The molecule has 1 amide bonds. The first-order valence-electron chi connectivity index (χ1n) is 7.94. The van der Waals surface area contributed by atoms with Gasteiger partial charge in [0, 0.05) is 5.69 Å². The number of carbonyl (C=O) groups is 1. The topological polar surface area (TPSA) is 81.9 Å². The molecule has 0 fully saturated rings. The molecule has 128 valence electrons. The summed E-state index contributed by atoms with van der Waals surface area (Å²) in [6.45, 7) is 4.37. The average molecular weight is 337 g/mol. The lowest BCUT2D eigenvalue weighted by atomic mass is 10.1. The number of ether oxygens (including phenoxy) is 1. The maximum absolute atomic E-state index is 12.0. The van der Waals surface area contributed by atoms with Crippen molar-refractivity contribution < 1.29 is 9.53 Å². The van der Waals surface area contributed by atoms with Gasteiger partial charge in [-0.15, -0.1) is 5.10 Å². The second kappa shape index (κ2) is 7.57. The summed E-state index contributed by atoms with van der Waals surface area (Å²) in [5.74, 6) is 0.690. The summed E-state index contributed by atoms with van der Waals surface area (Å²) in [5, 5.41) is 13.8.